The predicted octanol–water partition coefficient (Wildman–Crippen LogP) is 3.51. The highest BCUT2D eigenvalue weighted by Crippen LogP contribution is 2.21. The summed E-state index contributed by atoms with van der Waals surface area (Å²) in [4.78, 5) is 14.7. The van der Waals surface area contributed by atoms with Crippen LogP contribution in [0, 0.1) is 17.0 Å². The van der Waals surface area contributed by atoms with Crippen molar-refractivity contribution in [2.24, 2.45) is 0 Å². The monoisotopic (exact) mass is 271 g/mol. The quantitative estimate of drug-likeness (QED) is 0.667. The van der Waals surface area contributed by atoms with Crippen molar-refractivity contribution in [1.82, 2.24) is 4.98 Å². The van der Waals surface area contributed by atoms with Crippen LogP contribution < -0.4 is 5.32 Å². The highest BCUT2D eigenvalue weighted by molar-refractivity contribution is 5.49. The molecule has 5 heteroatoms. The van der Waals surface area contributed by atoms with Crippen LogP contribution in [0.4, 0.5) is 11.5 Å². The Morgan fingerprint density at radius 1 is 1.35 bits per heavy atom. The van der Waals surface area contributed by atoms with Crippen molar-refractivity contribution >= 4 is 11.5 Å². The summed E-state index contributed by atoms with van der Waals surface area (Å²) in [5, 5.41) is 14.0. The van der Waals surface area contributed by atoms with Crippen molar-refractivity contribution < 1.29 is 4.92 Å². The molecule has 1 N–H and O–H groups in total. The Hall–Kier alpha value is -2.43. The average molecular weight is 271 g/mol. The van der Waals surface area contributed by atoms with E-state index in [-0.39, 0.29) is 10.6 Å². The number of hydrogen-bond donors (Lipinski definition) is 1. The molecule has 0 fully saturated rings. The summed E-state index contributed by atoms with van der Waals surface area (Å²) in [7, 11) is 0. The maximum absolute atomic E-state index is 10.9. The van der Waals surface area contributed by atoms with Crippen molar-refractivity contribution in [2.75, 3.05) is 11.9 Å². The van der Waals surface area contributed by atoms with Crippen molar-refractivity contribution in [3.63, 3.8) is 0 Å². The van der Waals surface area contributed by atoms with E-state index in [4.69, 9.17) is 0 Å². The van der Waals surface area contributed by atoms with Gasteiger partial charge < -0.3 is 5.32 Å². The standard InChI is InChI=1S/C15H17N3O2/c1-11(13-6-4-3-5-7-13)9-16-15-8-14(18(19)20)12(2)10-17-15/h3-8,10-11H,9H2,1-2H3,(H,16,17). The summed E-state index contributed by atoms with van der Waals surface area (Å²) in [5.74, 6) is 0.837. The third-order valence-corrected chi connectivity index (χ3v) is 3.23. The molecule has 20 heavy (non-hydrogen) atoms. The number of benzene rings is 1. The maximum Gasteiger partial charge on any atom is 0.277 e. The van der Waals surface area contributed by atoms with E-state index in [1.165, 1.54) is 17.8 Å². The summed E-state index contributed by atoms with van der Waals surface area (Å²) in [6, 6.07) is 11.6. The average Bonchev–Trinajstić information content (AvgIpc) is 2.46. The second-order valence-electron chi connectivity index (χ2n) is 4.81. The van der Waals surface area contributed by atoms with Crippen LogP contribution in [0.25, 0.3) is 0 Å². The number of nitro groups is 1. The SMILES string of the molecule is Cc1cnc(NCC(C)c2ccccc2)cc1[N+](=O)[O-]. The summed E-state index contributed by atoms with van der Waals surface area (Å²) >= 11 is 0. The molecule has 0 bridgehead atoms. The van der Waals surface area contributed by atoms with Gasteiger partial charge in [-0.3, -0.25) is 10.1 Å². The lowest BCUT2D eigenvalue weighted by atomic mass is 10.0. The van der Waals surface area contributed by atoms with Crippen LogP contribution in [0.1, 0.15) is 24.0 Å². The fraction of sp³-hybridized carbons (Fsp3) is 0.267. The predicted molar refractivity (Wildman–Crippen MR) is 79.0 cm³/mol. The first-order valence-corrected chi connectivity index (χ1v) is 6.48. The molecule has 2 rings (SSSR count). The van der Waals surface area contributed by atoms with E-state index in [0.717, 1.165) is 0 Å². The van der Waals surface area contributed by atoms with Crippen molar-refractivity contribution in [3.05, 3.63) is 63.8 Å². The molecule has 0 saturated carbocycles. The van der Waals surface area contributed by atoms with E-state index in [1.807, 2.05) is 18.2 Å². The van der Waals surface area contributed by atoms with Gasteiger partial charge in [-0.2, -0.15) is 0 Å². The van der Waals surface area contributed by atoms with Gasteiger partial charge in [0.05, 0.1) is 11.0 Å². The van der Waals surface area contributed by atoms with Gasteiger partial charge in [-0.15, -0.1) is 0 Å². The van der Waals surface area contributed by atoms with Crippen LogP contribution in [-0.4, -0.2) is 16.5 Å². The van der Waals surface area contributed by atoms with Gasteiger partial charge in [-0.1, -0.05) is 37.3 Å². The molecule has 1 unspecified atom stereocenters. The Morgan fingerprint density at radius 2 is 2.05 bits per heavy atom. The molecule has 1 heterocycles. The summed E-state index contributed by atoms with van der Waals surface area (Å²) in [6.45, 7) is 4.46. The minimum atomic E-state index is -0.386. The first kappa shape index (κ1) is 14.0. The first-order chi connectivity index (χ1) is 9.58. The van der Waals surface area contributed by atoms with Crippen LogP contribution in [0.15, 0.2) is 42.6 Å². The fourth-order valence-corrected chi connectivity index (χ4v) is 1.96. The van der Waals surface area contributed by atoms with Gasteiger partial charge in [-0.05, 0) is 18.4 Å². The molecule has 0 spiro atoms. The molecule has 0 aliphatic rings. The summed E-state index contributed by atoms with van der Waals surface area (Å²) in [5.41, 5.74) is 1.88. The van der Waals surface area contributed by atoms with Crippen LogP contribution in [0.2, 0.25) is 0 Å². The van der Waals surface area contributed by atoms with E-state index in [2.05, 4.69) is 29.4 Å². The zero-order chi connectivity index (χ0) is 14.5. The number of pyridine rings is 1. The third kappa shape index (κ3) is 3.32. The largest absolute Gasteiger partial charge is 0.369 e. The normalized spacial score (nSPS) is 11.9. The van der Waals surface area contributed by atoms with Crippen LogP contribution in [0.3, 0.4) is 0 Å². The minimum Gasteiger partial charge on any atom is -0.369 e. The van der Waals surface area contributed by atoms with Gasteiger partial charge in [0.1, 0.15) is 5.82 Å². The molecule has 1 aromatic carbocycles. The lowest BCUT2D eigenvalue weighted by Gasteiger charge is -2.13. The molecule has 5 nitrogen and oxygen atoms in total. The zero-order valence-electron chi connectivity index (χ0n) is 11.5. The maximum atomic E-state index is 10.9. The Morgan fingerprint density at radius 3 is 2.70 bits per heavy atom. The number of hydrogen-bond acceptors (Lipinski definition) is 4. The molecule has 0 aliphatic heterocycles. The van der Waals surface area contributed by atoms with E-state index in [0.29, 0.717) is 23.8 Å². The number of aryl methyl sites for hydroxylation is 1. The van der Waals surface area contributed by atoms with Gasteiger partial charge >= 0.3 is 0 Å². The van der Waals surface area contributed by atoms with Crippen molar-refractivity contribution in [3.8, 4) is 0 Å². The second kappa shape index (κ2) is 6.14. The van der Waals surface area contributed by atoms with Crippen molar-refractivity contribution in [1.29, 1.82) is 0 Å². The highest BCUT2D eigenvalue weighted by atomic mass is 16.6. The number of anilines is 1. The Kier molecular flexibility index (Phi) is 4.30. The van der Waals surface area contributed by atoms with Crippen LogP contribution in [0.5, 0.6) is 0 Å². The fourth-order valence-electron chi connectivity index (χ4n) is 1.96. The van der Waals surface area contributed by atoms with Gasteiger partial charge in [0, 0.05) is 18.3 Å². The van der Waals surface area contributed by atoms with Crippen LogP contribution >= 0.6 is 0 Å². The highest BCUT2D eigenvalue weighted by Gasteiger charge is 2.12. The van der Waals surface area contributed by atoms with E-state index >= 15 is 0 Å². The molecular formula is C15H17N3O2. The number of nitrogens with one attached hydrogen (secondary N) is 1. The van der Waals surface area contributed by atoms with Crippen molar-refractivity contribution in [2.45, 2.75) is 19.8 Å². The van der Waals surface area contributed by atoms with Gasteiger partial charge in [0.15, 0.2) is 0 Å². The molecular weight excluding hydrogens is 254 g/mol. The number of aromatic nitrogens is 1. The zero-order valence-corrected chi connectivity index (χ0v) is 11.5. The number of nitrogens with zero attached hydrogens (tertiary/aromatic N) is 2. The van der Waals surface area contributed by atoms with E-state index in [9.17, 15) is 10.1 Å². The lowest BCUT2D eigenvalue weighted by molar-refractivity contribution is -0.385. The second-order valence-corrected chi connectivity index (χ2v) is 4.81. The summed E-state index contributed by atoms with van der Waals surface area (Å²) in [6.07, 6.45) is 1.52. The first-order valence-electron chi connectivity index (χ1n) is 6.48. The Balaban J connectivity index is 2.04. The number of rotatable bonds is 5. The Labute approximate surface area is 117 Å². The van der Waals surface area contributed by atoms with Gasteiger partial charge in [0.25, 0.3) is 5.69 Å². The molecule has 104 valence electrons. The smallest absolute Gasteiger partial charge is 0.277 e. The molecule has 1 atom stereocenters. The van der Waals surface area contributed by atoms with E-state index < -0.39 is 0 Å². The lowest BCUT2D eigenvalue weighted by Crippen LogP contribution is -2.11. The van der Waals surface area contributed by atoms with Gasteiger partial charge in [0.2, 0.25) is 0 Å². The topological polar surface area (TPSA) is 68.1 Å². The molecule has 1 aromatic heterocycles. The third-order valence-electron chi connectivity index (χ3n) is 3.23. The van der Waals surface area contributed by atoms with Crippen LogP contribution in [-0.2, 0) is 0 Å². The molecule has 0 saturated heterocycles. The molecule has 2 aromatic rings. The molecule has 0 radical (unpaired) electrons. The van der Waals surface area contributed by atoms with E-state index in [1.54, 1.807) is 6.92 Å². The summed E-state index contributed by atoms with van der Waals surface area (Å²) < 4.78 is 0. The Bertz CT molecular complexity index is 599. The molecule has 0 amide bonds. The van der Waals surface area contributed by atoms with Gasteiger partial charge in [-0.25, -0.2) is 4.98 Å². The molecule has 0 aliphatic carbocycles. The minimum absolute atomic E-state index is 0.0925.